The van der Waals surface area contributed by atoms with Gasteiger partial charge in [-0.05, 0) is 52.3 Å². The van der Waals surface area contributed by atoms with Crippen molar-refractivity contribution >= 4 is 16.9 Å². The van der Waals surface area contributed by atoms with E-state index in [0.717, 1.165) is 29.6 Å². The topological polar surface area (TPSA) is 104 Å². The van der Waals surface area contributed by atoms with E-state index in [9.17, 15) is 4.39 Å². The Kier molecular flexibility index (Phi) is 6.46. The summed E-state index contributed by atoms with van der Waals surface area (Å²) in [6.45, 7) is 0.898. The fourth-order valence-corrected chi connectivity index (χ4v) is 4.10. The first-order chi connectivity index (χ1) is 15.9. The van der Waals surface area contributed by atoms with Gasteiger partial charge in [0.2, 0.25) is 5.95 Å². The normalized spacial score (nSPS) is 20.3. The molecule has 2 unspecified atom stereocenters. The standard InChI is InChI=1S/C24H30FN7O/c1-27-24(10-11-32(2)3)9-8-15(12-20(24)26)30-23-29-14-18(25)21(31-23)17-13-28-22-16(17)6-5-7-19(22)33-4/h5-9,12-14,20,27-28H,10-11,26H2,1-4H3,(H,29,30,31). The quantitative estimate of drug-likeness (QED) is 0.417. The van der Waals surface area contributed by atoms with Gasteiger partial charge in [-0.15, -0.1) is 0 Å². The minimum Gasteiger partial charge on any atom is -0.495 e. The van der Waals surface area contributed by atoms with Crippen LogP contribution in [0.25, 0.3) is 22.2 Å². The fraction of sp³-hybridized carbons (Fsp3) is 0.333. The highest BCUT2D eigenvalue weighted by molar-refractivity contribution is 5.97. The molecule has 1 aliphatic carbocycles. The number of benzene rings is 1. The first-order valence-electron chi connectivity index (χ1n) is 10.8. The summed E-state index contributed by atoms with van der Waals surface area (Å²) in [6, 6.07) is 5.35. The highest BCUT2D eigenvalue weighted by Gasteiger charge is 2.33. The number of H-pyrrole nitrogens is 1. The second kappa shape index (κ2) is 9.30. The smallest absolute Gasteiger partial charge is 0.227 e. The summed E-state index contributed by atoms with van der Waals surface area (Å²) in [5, 5.41) is 7.35. The van der Waals surface area contributed by atoms with Crippen LogP contribution in [-0.4, -0.2) is 66.2 Å². The largest absolute Gasteiger partial charge is 0.495 e. The number of ether oxygens (including phenoxy) is 1. The van der Waals surface area contributed by atoms with Gasteiger partial charge in [-0.3, -0.25) is 0 Å². The Morgan fingerprint density at radius 3 is 2.85 bits per heavy atom. The summed E-state index contributed by atoms with van der Waals surface area (Å²) in [6.07, 6.45) is 9.72. The van der Waals surface area contributed by atoms with Crippen LogP contribution in [-0.2, 0) is 0 Å². The van der Waals surface area contributed by atoms with E-state index in [-0.39, 0.29) is 23.2 Å². The molecule has 5 N–H and O–H groups in total. The van der Waals surface area contributed by atoms with Crippen molar-refractivity contribution in [3.8, 4) is 17.0 Å². The number of rotatable bonds is 8. The number of methoxy groups -OCH3 is 1. The van der Waals surface area contributed by atoms with Crippen LogP contribution < -0.4 is 21.1 Å². The molecule has 2 heterocycles. The molecule has 0 aliphatic heterocycles. The zero-order valence-electron chi connectivity index (χ0n) is 19.3. The Hall–Kier alpha value is -3.27. The Labute approximate surface area is 192 Å². The maximum Gasteiger partial charge on any atom is 0.227 e. The summed E-state index contributed by atoms with van der Waals surface area (Å²) in [5.41, 5.74) is 8.55. The van der Waals surface area contributed by atoms with Gasteiger partial charge in [0, 0.05) is 28.9 Å². The minimum atomic E-state index is -0.507. The van der Waals surface area contributed by atoms with Crippen molar-refractivity contribution in [3.05, 3.63) is 60.3 Å². The number of anilines is 1. The minimum absolute atomic E-state index is 0.201. The predicted octanol–water partition coefficient (Wildman–Crippen LogP) is 2.88. The Balaban J connectivity index is 1.60. The van der Waals surface area contributed by atoms with Crippen LogP contribution in [0, 0.1) is 5.82 Å². The van der Waals surface area contributed by atoms with Gasteiger partial charge in [-0.25, -0.2) is 14.4 Å². The van der Waals surface area contributed by atoms with Crippen molar-refractivity contribution in [3.63, 3.8) is 0 Å². The van der Waals surface area contributed by atoms with E-state index in [0.29, 0.717) is 11.3 Å². The summed E-state index contributed by atoms with van der Waals surface area (Å²) in [4.78, 5) is 13.9. The molecule has 1 aromatic carbocycles. The fourth-order valence-electron chi connectivity index (χ4n) is 4.10. The van der Waals surface area contributed by atoms with E-state index in [1.54, 1.807) is 13.3 Å². The molecule has 9 heteroatoms. The number of halogens is 1. The molecule has 0 radical (unpaired) electrons. The number of fused-ring (bicyclic) bond motifs is 1. The van der Waals surface area contributed by atoms with Crippen molar-refractivity contribution in [2.24, 2.45) is 5.73 Å². The number of likely N-dealkylation sites (N-methyl/N-ethyl adjacent to an activating group) is 1. The predicted molar refractivity (Wildman–Crippen MR) is 130 cm³/mol. The van der Waals surface area contributed by atoms with E-state index < -0.39 is 5.82 Å². The number of aromatic amines is 1. The van der Waals surface area contributed by atoms with Crippen molar-refractivity contribution in [1.29, 1.82) is 0 Å². The van der Waals surface area contributed by atoms with Crippen molar-refractivity contribution in [2.45, 2.75) is 18.0 Å². The van der Waals surface area contributed by atoms with Crippen molar-refractivity contribution in [2.75, 3.05) is 40.1 Å². The number of para-hydroxylation sites is 1. The molecule has 174 valence electrons. The molecule has 2 atom stereocenters. The molecule has 0 saturated carbocycles. The van der Waals surface area contributed by atoms with Crippen LogP contribution in [0.3, 0.4) is 0 Å². The molecule has 0 saturated heterocycles. The van der Waals surface area contributed by atoms with Crippen LogP contribution in [0.5, 0.6) is 5.75 Å². The van der Waals surface area contributed by atoms with Gasteiger partial charge in [0.25, 0.3) is 0 Å². The van der Waals surface area contributed by atoms with Gasteiger partial charge in [-0.1, -0.05) is 18.2 Å². The Bertz CT molecular complexity index is 1200. The summed E-state index contributed by atoms with van der Waals surface area (Å²) < 4.78 is 20.1. The SMILES string of the molecule is CNC1(CCN(C)C)C=CC(Nc2ncc(F)c(-c3c[nH]c4c(OC)cccc34)n2)=CC1N. The van der Waals surface area contributed by atoms with E-state index in [1.165, 1.54) is 6.20 Å². The molecular weight excluding hydrogens is 421 g/mol. The molecule has 0 spiro atoms. The number of allylic oxidation sites excluding steroid dienone is 1. The van der Waals surface area contributed by atoms with E-state index in [1.807, 2.05) is 51.5 Å². The van der Waals surface area contributed by atoms with Gasteiger partial charge in [0.15, 0.2) is 5.82 Å². The van der Waals surface area contributed by atoms with Crippen LogP contribution in [0.2, 0.25) is 0 Å². The number of nitrogens with zero attached hydrogens (tertiary/aromatic N) is 3. The third kappa shape index (κ3) is 4.47. The van der Waals surface area contributed by atoms with E-state index in [4.69, 9.17) is 10.5 Å². The molecule has 0 amide bonds. The molecule has 4 rings (SSSR count). The molecule has 33 heavy (non-hydrogen) atoms. The van der Waals surface area contributed by atoms with Gasteiger partial charge in [0.05, 0.1) is 24.4 Å². The molecule has 0 bridgehead atoms. The molecular formula is C24H30FN7O. The van der Waals surface area contributed by atoms with Crippen molar-refractivity contribution < 1.29 is 9.13 Å². The lowest BCUT2D eigenvalue weighted by Crippen LogP contribution is -2.57. The van der Waals surface area contributed by atoms with Gasteiger partial charge in [-0.2, -0.15) is 0 Å². The highest BCUT2D eigenvalue weighted by atomic mass is 19.1. The lowest BCUT2D eigenvalue weighted by Gasteiger charge is -2.38. The summed E-state index contributed by atoms with van der Waals surface area (Å²) in [5.74, 6) is 0.462. The van der Waals surface area contributed by atoms with Gasteiger partial charge < -0.3 is 31.0 Å². The number of nitrogens with one attached hydrogen (secondary N) is 3. The average Bonchev–Trinajstić information content (AvgIpc) is 3.24. The van der Waals surface area contributed by atoms with Crippen molar-refractivity contribution in [1.82, 2.24) is 25.2 Å². The molecule has 3 aromatic rings. The second-order valence-corrected chi connectivity index (χ2v) is 8.43. The number of aromatic nitrogens is 3. The monoisotopic (exact) mass is 451 g/mol. The van der Waals surface area contributed by atoms with Crippen LogP contribution in [0.15, 0.2) is 54.5 Å². The molecule has 0 fully saturated rings. The number of hydrogen-bond acceptors (Lipinski definition) is 7. The third-order valence-corrected chi connectivity index (χ3v) is 6.10. The Morgan fingerprint density at radius 2 is 2.15 bits per heavy atom. The van der Waals surface area contributed by atoms with Crippen LogP contribution in [0.4, 0.5) is 10.3 Å². The highest BCUT2D eigenvalue weighted by Crippen LogP contribution is 2.34. The van der Waals surface area contributed by atoms with Gasteiger partial charge >= 0.3 is 0 Å². The Morgan fingerprint density at radius 1 is 1.33 bits per heavy atom. The third-order valence-electron chi connectivity index (χ3n) is 6.10. The first kappa shape index (κ1) is 22.9. The van der Waals surface area contributed by atoms with Crippen LogP contribution in [0.1, 0.15) is 6.42 Å². The van der Waals surface area contributed by atoms with Gasteiger partial charge in [0.1, 0.15) is 11.4 Å². The average molecular weight is 452 g/mol. The zero-order chi connectivity index (χ0) is 23.6. The maximum atomic E-state index is 14.7. The number of hydrogen-bond donors (Lipinski definition) is 4. The zero-order valence-corrected chi connectivity index (χ0v) is 19.3. The maximum absolute atomic E-state index is 14.7. The first-order valence-corrected chi connectivity index (χ1v) is 10.8. The summed E-state index contributed by atoms with van der Waals surface area (Å²) in [7, 11) is 7.59. The molecule has 1 aliphatic rings. The number of nitrogens with two attached hydrogens (primary N) is 1. The lowest BCUT2D eigenvalue weighted by molar-refractivity contribution is 0.300. The molecule has 8 nitrogen and oxygen atoms in total. The second-order valence-electron chi connectivity index (χ2n) is 8.43. The molecule has 2 aromatic heterocycles. The van der Waals surface area contributed by atoms with E-state index in [2.05, 4.69) is 36.6 Å². The lowest BCUT2D eigenvalue weighted by atomic mass is 9.83. The summed E-state index contributed by atoms with van der Waals surface area (Å²) >= 11 is 0. The van der Waals surface area contributed by atoms with E-state index >= 15 is 0 Å². The van der Waals surface area contributed by atoms with Crippen LogP contribution >= 0.6 is 0 Å².